The Morgan fingerprint density at radius 3 is 2.59 bits per heavy atom. The smallest absolute Gasteiger partial charge is 0.358 e. The van der Waals surface area contributed by atoms with Gasteiger partial charge in [-0.15, -0.1) is 11.8 Å². The Morgan fingerprint density at radius 1 is 1.25 bits per heavy atom. The maximum Gasteiger partial charge on any atom is 0.358 e. The van der Waals surface area contributed by atoms with Crippen LogP contribution in [0.25, 0.3) is 0 Å². The first kappa shape index (κ1) is 27.3. The third kappa shape index (κ3) is 8.10. The molecule has 9 heteroatoms. The van der Waals surface area contributed by atoms with Gasteiger partial charge in [-0.2, -0.15) is 0 Å². The molecule has 0 amide bonds. The van der Waals surface area contributed by atoms with Crippen LogP contribution in [0.1, 0.15) is 51.0 Å². The third-order valence-corrected chi connectivity index (χ3v) is 12.0. The van der Waals surface area contributed by atoms with Crippen molar-refractivity contribution in [3.8, 4) is 0 Å². The molecule has 0 saturated heterocycles. The maximum absolute atomic E-state index is 12.0. The first-order valence-electron chi connectivity index (χ1n) is 10.9. The maximum atomic E-state index is 12.0. The third-order valence-electron chi connectivity index (χ3n) is 5.63. The topological polar surface area (TPSA) is 53.4 Å². The van der Waals surface area contributed by atoms with Gasteiger partial charge in [0.25, 0.3) is 0 Å². The molecular formula is C23H34Cl2N2O3SSi. The zero-order valence-electron chi connectivity index (χ0n) is 19.8. The summed E-state index contributed by atoms with van der Waals surface area (Å²) in [6, 6.07) is 5.72. The van der Waals surface area contributed by atoms with Crippen molar-refractivity contribution in [1.82, 2.24) is 9.55 Å². The Bertz CT molecular complexity index is 900. The first-order valence-corrected chi connectivity index (χ1v) is 15.5. The van der Waals surface area contributed by atoms with E-state index < -0.39 is 14.3 Å². The molecule has 1 atom stereocenters. The van der Waals surface area contributed by atoms with E-state index in [2.05, 4.69) is 38.8 Å². The summed E-state index contributed by atoms with van der Waals surface area (Å²) >= 11 is 13.9. The molecule has 32 heavy (non-hydrogen) atoms. The summed E-state index contributed by atoms with van der Waals surface area (Å²) in [4.78, 5) is 17.3. The van der Waals surface area contributed by atoms with Gasteiger partial charge in [-0.1, -0.05) is 44.0 Å². The number of hydrogen-bond acceptors (Lipinski definition) is 5. The quantitative estimate of drug-likeness (QED) is 0.135. The fourth-order valence-corrected chi connectivity index (χ4v) is 5.51. The van der Waals surface area contributed by atoms with E-state index in [0.717, 1.165) is 23.5 Å². The second-order valence-electron chi connectivity index (χ2n) is 9.24. The Balaban J connectivity index is 2.02. The van der Waals surface area contributed by atoms with Crippen molar-refractivity contribution >= 4 is 49.3 Å². The number of aromatic nitrogens is 2. The number of nitrogens with zero attached hydrogens (tertiary/aromatic N) is 2. The molecular weight excluding hydrogens is 483 g/mol. The van der Waals surface area contributed by atoms with Gasteiger partial charge >= 0.3 is 5.97 Å². The number of benzene rings is 1. The molecule has 0 aliphatic heterocycles. The summed E-state index contributed by atoms with van der Waals surface area (Å²) in [5.74, 6) is 0.555. The van der Waals surface area contributed by atoms with E-state index in [1.54, 1.807) is 31.2 Å². The molecule has 2 aromatic rings. The molecule has 0 bridgehead atoms. The summed E-state index contributed by atoms with van der Waals surface area (Å²) in [5, 5.41) is 1.26. The van der Waals surface area contributed by atoms with Gasteiger partial charge < -0.3 is 13.7 Å². The first-order chi connectivity index (χ1) is 14.9. The average Bonchev–Trinajstić information content (AvgIpc) is 3.15. The van der Waals surface area contributed by atoms with Crippen LogP contribution < -0.4 is 0 Å². The Hall–Kier alpha value is -0.993. The van der Waals surface area contributed by atoms with Crippen LogP contribution in [0, 0.1) is 0 Å². The number of ether oxygens (including phenoxy) is 1. The lowest BCUT2D eigenvalue weighted by Gasteiger charge is -2.39. The number of rotatable bonds is 11. The molecule has 1 unspecified atom stereocenters. The van der Waals surface area contributed by atoms with Crippen molar-refractivity contribution in [2.45, 2.75) is 76.2 Å². The second-order valence-corrected chi connectivity index (χ2v) is 16.0. The number of carbonyl (C=O) groups excluding carboxylic acids is 1. The summed E-state index contributed by atoms with van der Waals surface area (Å²) in [5.41, 5.74) is 0.327. The highest BCUT2D eigenvalue weighted by molar-refractivity contribution is 7.99. The molecule has 1 heterocycles. The van der Waals surface area contributed by atoms with E-state index in [9.17, 15) is 4.79 Å². The van der Waals surface area contributed by atoms with Gasteiger partial charge in [-0.3, -0.25) is 0 Å². The van der Waals surface area contributed by atoms with Gasteiger partial charge in [0.2, 0.25) is 0 Å². The van der Waals surface area contributed by atoms with Crippen LogP contribution in [0.5, 0.6) is 0 Å². The molecule has 0 fully saturated rings. The van der Waals surface area contributed by atoms with Crippen molar-refractivity contribution in [3.05, 3.63) is 46.5 Å². The lowest BCUT2D eigenvalue weighted by molar-refractivity contribution is 0.0519. The van der Waals surface area contributed by atoms with Crippen LogP contribution in [0.2, 0.25) is 28.2 Å². The van der Waals surface area contributed by atoms with Gasteiger partial charge in [0.05, 0.1) is 29.1 Å². The monoisotopic (exact) mass is 516 g/mol. The lowest BCUT2D eigenvalue weighted by atomic mass is 10.2. The number of imidazole rings is 1. The summed E-state index contributed by atoms with van der Waals surface area (Å²) in [7, 11) is -1.95. The number of thioether (sulfide) groups is 1. The molecule has 0 N–H and O–H groups in total. The van der Waals surface area contributed by atoms with Crippen molar-refractivity contribution < 1.29 is 14.0 Å². The number of halogens is 2. The number of esters is 1. The lowest BCUT2D eigenvalue weighted by Crippen LogP contribution is -2.45. The van der Waals surface area contributed by atoms with Gasteiger partial charge in [0.1, 0.15) is 0 Å². The molecule has 0 saturated carbocycles. The minimum Gasteiger partial charge on any atom is -0.461 e. The zero-order chi connectivity index (χ0) is 23.9. The van der Waals surface area contributed by atoms with Crippen LogP contribution in [-0.2, 0) is 15.7 Å². The number of carbonyl (C=O) groups is 1. The fraction of sp³-hybridized carbons (Fsp3) is 0.565. The summed E-state index contributed by atoms with van der Waals surface area (Å²) in [6.07, 6.45) is 5.36. The standard InChI is InChI=1S/C23H34Cl2N2O3SSi/c1-7-29-22(28)21-15-27(16-26-21)14-17(30-32(5,6)23(2,3)4)9-8-12-31-18-10-11-19(24)20(25)13-18/h10-11,13,15-17H,7-9,12,14H2,1-6H3. The molecule has 0 aliphatic carbocycles. The molecule has 178 valence electrons. The van der Waals surface area contributed by atoms with Gasteiger partial charge in [-0.25, -0.2) is 9.78 Å². The fourth-order valence-electron chi connectivity index (χ4n) is 2.85. The van der Waals surface area contributed by atoms with Crippen molar-refractivity contribution in [1.29, 1.82) is 0 Å². The van der Waals surface area contributed by atoms with Crippen LogP contribution in [-0.4, -0.2) is 42.3 Å². The van der Waals surface area contributed by atoms with Crippen molar-refractivity contribution in [2.75, 3.05) is 12.4 Å². The van der Waals surface area contributed by atoms with Gasteiger partial charge in [0, 0.05) is 17.6 Å². The largest absolute Gasteiger partial charge is 0.461 e. The molecule has 0 spiro atoms. The molecule has 5 nitrogen and oxygen atoms in total. The summed E-state index contributed by atoms with van der Waals surface area (Å²) in [6.45, 7) is 14.0. The Kier molecular flexibility index (Phi) is 10.2. The van der Waals surface area contributed by atoms with E-state index in [0.29, 0.717) is 28.9 Å². The molecule has 0 aliphatic rings. The Morgan fingerprint density at radius 2 is 1.97 bits per heavy atom. The Labute approximate surface area is 207 Å². The predicted molar refractivity (Wildman–Crippen MR) is 137 cm³/mol. The van der Waals surface area contributed by atoms with E-state index in [4.69, 9.17) is 32.4 Å². The number of hydrogen-bond donors (Lipinski definition) is 0. The van der Waals surface area contributed by atoms with Crippen molar-refractivity contribution in [3.63, 3.8) is 0 Å². The van der Waals surface area contributed by atoms with Gasteiger partial charge in [0.15, 0.2) is 14.0 Å². The normalized spacial score (nSPS) is 13.2. The van der Waals surface area contributed by atoms with Crippen LogP contribution in [0.4, 0.5) is 0 Å². The molecule has 2 rings (SSSR count). The minimum atomic E-state index is -1.95. The van der Waals surface area contributed by atoms with E-state index in [1.807, 2.05) is 22.8 Å². The highest BCUT2D eigenvalue weighted by Crippen LogP contribution is 2.38. The molecule has 0 radical (unpaired) electrons. The van der Waals surface area contributed by atoms with Crippen molar-refractivity contribution in [2.24, 2.45) is 0 Å². The SMILES string of the molecule is CCOC(=O)c1cn(CC(CCCSc2ccc(Cl)c(Cl)c2)O[Si](C)(C)C(C)(C)C)cn1. The molecule has 1 aromatic heterocycles. The van der Waals surface area contributed by atoms with Crippen LogP contribution in [0.15, 0.2) is 35.6 Å². The minimum absolute atomic E-state index is 0.0366. The second kappa shape index (κ2) is 11.9. The highest BCUT2D eigenvalue weighted by Gasteiger charge is 2.39. The zero-order valence-corrected chi connectivity index (χ0v) is 23.1. The molecule has 1 aromatic carbocycles. The highest BCUT2D eigenvalue weighted by atomic mass is 35.5. The van der Waals surface area contributed by atoms with E-state index in [-0.39, 0.29) is 11.1 Å². The average molecular weight is 518 g/mol. The van der Waals surface area contributed by atoms with Crippen LogP contribution in [0.3, 0.4) is 0 Å². The van der Waals surface area contributed by atoms with E-state index in [1.165, 1.54) is 0 Å². The van der Waals surface area contributed by atoms with Gasteiger partial charge in [-0.05, 0) is 61.8 Å². The predicted octanol–water partition coefficient (Wildman–Crippen LogP) is 7.33. The summed E-state index contributed by atoms with van der Waals surface area (Å²) < 4.78 is 13.7. The van der Waals surface area contributed by atoms with E-state index >= 15 is 0 Å². The van der Waals surface area contributed by atoms with Crippen LogP contribution >= 0.6 is 35.0 Å².